The predicted octanol–water partition coefficient (Wildman–Crippen LogP) is 1.53. The van der Waals surface area contributed by atoms with Crippen LogP contribution in [0.5, 0.6) is 0 Å². The molecule has 2 rings (SSSR count). The number of rotatable bonds is 6. The molecule has 1 aromatic heterocycles. The van der Waals surface area contributed by atoms with Crippen molar-refractivity contribution in [1.29, 1.82) is 0 Å². The summed E-state index contributed by atoms with van der Waals surface area (Å²) in [5.41, 5.74) is 1.30. The van der Waals surface area contributed by atoms with E-state index in [1.54, 1.807) is 12.2 Å². The summed E-state index contributed by atoms with van der Waals surface area (Å²) in [6.45, 7) is 0.440. The molecule has 0 spiro atoms. The minimum Gasteiger partial charge on any atom is -0.476 e. The van der Waals surface area contributed by atoms with Gasteiger partial charge in [-0.15, -0.1) is 5.10 Å². The normalized spacial score (nSPS) is 11.1. The Bertz CT molecular complexity index is 605. The van der Waals surface area contributed by atoms with Gasteiger partial charge in [-0.05, 0) is 18.1 Å². The average molecular weight is 273 g/mol. The molecule has 20 heavy (non-hydrogen) atoms. The van der Waals surface area contributed by atoms with Crippen molar-refractivity contribution in [2.24, 2.45) is 0 Å². The first kappa shape index (κ1) is 14.0. The predicted molar refractivity (Wildman–Crippen MR) is 74.1 cm³/mol. The van der Waals surface area contributed by atoms with Crippen LogP contribution in [0.2, 0.25) is 0 Å². The summed E-state index contributed by atoms with van der Waals surface area (Å²) in [5.74, 6) is -1.12. The van der Waals surface area contributed by atoms with Crippen LogP contribution in [0, 0.1) is 0 Å². The number of nitrogens with zero attached hydrogens (tertiary/aromatic N) is 3. The van der Waals surface area contributed by atoms with Crippen LogP contribution in [0.25, 0.3) is 12.2 Å². The van der Waals surface area contributed by atoms with E-state index < -0.39 is 5.97 Å². The summed E-state index contributed by atoms with van der Waals surface area (Å²) in [4.78, 5) is 11.1. The zero-order valence-electron chi connectivity index (χ0n) is 10.8. The maximum absolute atomic E-state index is 11.1. The van der Waals surface area contributed by atoms with Crippen molar-refractivity contribution in [2.45, 2.75) is 13.0 Å². The van der Waals surface area contributed by atoms with Crippen molar-refractivity contribution in [3.8, 4) is 0 Å². The number of hydrogen-bond donors (Lipinski definition) is 2. The molecule has 0 saturated heterocycles. The van der Waals surface area contributed by atoms with E-state index in [1.807, 2.05) is 30.3 Å². The number of aryl methyl sites for hydroxylation is 1. The minimum absolute atomic E-state index is 0.0180. The number of carboxylic acid groups (broad SMARTS) is 1. The quantitative estimate of drug-likeness (QED) is 0.833. The molecule has 0 amide bonds. The molecule has 2 aromatic rings. The molecule has 0 aliphatic carbocycles. The zero-order valence-corrected chi connectivity index (χ0v) is 10.8. The second-order valence-electron chi connectivity index (χ2n) is 4.17. The average Bonchev–Trinajstić information content (AvgIpc) is 2.87. The van der Waals surface area contributed by atoms with Gasteiger partial charge < -0.3 is 10.2 Å². The Hall–Kier alpha value is -2.47. The molecular formula is C14H15N3O3. The lowest BCUT2D eigenvalue weighted by atomic mass is 10.2. The van der Waals surface area contributed by atoms with Crippen molar-refractivity contribution in [2.75, 3.05) is 6.61 Å². The third-order valence-corrected chi connectivity index (χ3v) is 2.74. The Balaban J connectivity index is 2.30. The monoisotopic (exact) mass is 273 g/mol. The molecule has 2 N–H and O–H groups in total. The molecule has 1 heterocycles. The number of aliphatic hydroxyl groups is 1. The summed E-state index contributed by atoms with van der Waals surface area (Å²) in [7, 11) is 0. The second-order valence-corrected chi connectivity index (χ2v) is 4.17. The summed E-state index contributed by atoms with van der Waals surface area (Å²) >= 11 is 0. The first-order valence-electron chi connectivity index (χ1n) is 6.23. The second kappa shape index (κ2) is 6.63. The summed E-state index contributed by atoms with van der Waals surface area (Å²) in [6, 6.07) is 9.54. The first-order chi connectivity index (χ1) is 9.72. The molecule has 104 valence electrons. The lowest BCUT2D eigenvalue weighted by molar-refractivity contribution is 0.0690. The number of hydrogen-bond acceptors (Lipinski definition) is 4. The standard InChI is InChI=1S/C14H15N3O3/c18-10-4-9-17-12(13(14(19)20)15-16-17)8-7-11-5-2-1-3-6-11/h1-3,5-8,18H,4,9-10H2,(H,19,20)/b8-7+. The van der Waals surface area contributed by atoms with E-state index in [2.05, 4.69) is 10.3 Å². The van der Waals surface area contributed by atoms with Gasteiger partial charge in [-0.3, -0.25) is 0 Å². The Labute approximate surface area is 116 Å². The smallest absolute Gasteiger partial charge is 0.358 e. The van der Waals surface area contributed by atoms with Crippen LogP contribution < -0.4 is 0 Å². The van der Waals surface area contributed by atoms with Crippen molar-refractivity contribution < 1.29 is 15.0 Å². The highest BCUT2D eigenvalue weighted by Crippen LogP contribution is 2.12. The SMILES string of the molecule is O=C(O)c1nnn(CCCO)c1/C=C/c1ccccc1. The van der Waals surface area contributed by atoms with E-state index in [9.17, 15) is 4.79 Å². The van der Waals surface area contributed by atoms with E-state index in [1.165, 1.54) is 4.68 Å². The fourth-order valence-corrected chi connectivity index (χ4v) is 1.76. The van der Waals surface area contributed by atoms with Gasteiger partial charge in [-0.2, -0.15) is 0 Å². The first-order valence-corrected chi connectivity index (χ1v) is 6.23. The lowest BCUT2D eigenvalue weighted by Gasteiger charge is -2.02. The van der Waals surface area contributed by atoms with Gasteiger partial charge in [0, 0.05) is 13.2 Å². The molecule has 0 aliphatic rings. The maximum atomic E-state index is 11.1. The van der Waals surface area contributed by atoms with E-state index in [0.717, 1.165) is 5.56 Å². The number of aromatic nitrogens is 3. The summed E-state index contributed by atoms with van der Waals surface area (Å²) < 4.78 is 1.49. The fourth-order valence-electron chi connectivity index (χ4n) is 1.76. The molecule has 0 aliphatic heterocycles. The molecule has 1 aromatic carbocycles. The number of carbonyl (C=O) groups is 1. The Morgan fingerprint density at radius 1 is 1.25 bits per heavy atom. The molecule has 0 unspecified atom stereocenters. The lowest BCUT2D eigenvalue weighted by Crippen LogP contribution is -2.06. The van der Waals surface area contributed by atoms with E-state index in [0.29, 0.717) is 18.7 Å². The van der Waals surface area contributed by atoms with Crippen LogP contribution in [0.4, 0.5) is 0 Å². The van der Waals surface area contributed by atoms with Crippen molar-refractivity contribution in [3.63, 3.8) is 0 Å². The van der Waals surface area contributed by atoms with Crippen molar-refractivity contribution in [3.05, 3.63) is 47.3 Å². The molecule has 0 saturated carbocycles. The van der Waals surface area contributed by atoms with Crippen molar-refractivity contribution >= 4 is 18.1 Å². The highest BCUT2D eigenvalue weighted by molar-refractivity contribution is 5.90. The summed E-state index contributed by atoms with van der Waals surface area (Å²) in [6.07, 6.45) is 3.98. The highest BCUT2D eigenvalue weighted by atomic mass is 16.4. The van der Waals surface area contributed by atoms with E-state index in [-0.39, 0.29) is 12.3 Å². The molecule has 0 atom stereocenters. The van der Waals surface area contributed by atoms with Crippen LogP contribution in [0.15, 0.2) is 30.3 Å². The van der Waals surface area contributed by atoms with Gasteiger partial charge in [-0.1, -0.05) is 41.6 Å². The van der Waals surface area contributed by atoms with E-state index >= 15 is 0 Å². The van der Waals surface area contributed by atoms with Gasteiger partial charge in [0.05, 0.1) is 5.69 Å². The van der Waals surface area contributed by atoms with Gasteiger partial charge in [0.1, 0.15) is 0 Å². The Kier molecular flexibility index (Phi) is 4.62. The van der Waals surface area contributed by atoms with Crippen LogP contribution in [-0.4, -0.2) is 37.8 Å². The Morgan fingerprint density at radius 3 is 2.65 bits per heavy atom. The van der Waals surface area contributed by atoms with Gasteiger partial charge in [0.2, 0.25) is 0 Å². The number of benzene rings is 1. The van der Waals surface area contributed by atoms with Gasteiger partial charge in [-0.25, -0.2) is 9.48 Å². The number of aliphatic hydroxyl groups excluding tert-OH is 1. The molecular weight excluding hydrogens is 258 g/mol. The van der Waals surface area contributed by atoms with Gasteiger partial charge in [0.25, 0.3) is 0 Å². The topological polar surface area (TPSA) is 88.2 Å². The molecule has 6 nitrogen and oxygen atoms in total. The largest absolute Gasteiger partial charge is 0.476 e. The molecule has 0 bridgehead atoms. The van der Waals surface area contributed by atoms with Crippen LogP contribution in [0.3, 0.4) is 0 Å². The highest BCUT2D eigenvalue weighted by Gasteiger charge is 2.16. The summed E-state index contributed by atoms with van der Waals surface area (Å²) in [5, 5.41) is 25.4. The van der Waals surface area contributed by atoms with Crippen LogP contribution >= 0.6 is 0 Å². The van der Waals surface area contributed by atoms with Crippen LogP contribution in [0.1, 0.15) is 28.2 Å². The maximum Gasteiger partial charge on any atom is 0.358 e. The fraction of sp³-hybridized carbons (Fsp3) is 0.214. The number of aromatic carboxylic acids is 1. The zero-order chi connectivity index (χ0) is 14.4. The number of carboxylic acids is 1. The Morgan fingerprint density at radius 2 is 2.00 bits per heavy atom. The van der Waals surface area contributed by atoms with Gasteiger partial charge in [0.15, 0.2) is 5.69 Å². The minimum atomic E-state index is -1.12. The molecule has 6 heteroatoms. The van der Waals surface area contributed by atoms with Gasteiger partial charge >= 0.3 is 5.97 Å². The van der Waals surface area contributed by atoms with Crippen molar-refractivity contribution in [1.82, 2.24) is 15.0 Å². The molecule has 0 radical (unpaired) electrons. The molecule has 0 fully saturated rings. The third-order valence-electron chi connectivity index (χ3n) is 2.74. The van der Waals surface area contributed by atoms with E-state index in [4.69, 9.17) is 10.2 Å². The third kappa shape index (κ3) is 3.30. The van der Waals surface area contributed by atoms with Crippen LogP contribution in [-0.2, 0) is 6.54 Å².